The highest BCUT2D eigenvalue weighted by atomic mass is 32.2. The molecule has 506 valence electrons. The van der Waals surface area contributed by atoms with Crippen molar-refractivity contribution in [3.8, 4) is 45.0 Å². The van der Waals surface area contributed by atoms with Gasteiger partial charge >= 0.3 is 11.9 Å². The molecule has 2 N–H and O–H groups in total. The van der Waals surface area contributed by atoms with Crippen LogP contribution >= 0.6 is 24.4 Å². The molecule has 21 heteroatoms. The summed E-state index contributed by atoms with van der Waals surface area (Å²) in [6, 6.07) is 67.6. The Balaban J connectivity index is 0.000000170. The molecule has 0 aliphatic carbocycles. The van der Waals surface area contributed by atoms with Crippen molar-refractivity contribution in [2.45, 2.75) is 102 Å². The largest absolute Gasteiger partial charge is 0.418 e. The van der Waals surface area contributed by atoms with Gasteiger partial charge in [0.25, 0.3) is 16.2 Å². The maximum Gasteiger partial charge on any atom is 0.418 e. The maximum absolute atomic E-state index is 12.9. The van der Waals surface area contributed by atoms with Gasteiger partial charge in [0.2, 0.25) is 11.4 Å². The first-order valence-electron chi connectivity index (χ1n) is 32.2. The average molecular weight is 1350 g/mol. The van der Waals surface area contributed by atoms with Crippen LogP contribution in [0.15, 0.2) is 200 Å². The number of nitrogens with two attached hydrogens (primary N) is 1. The molecule has 16 nitrogen and oxygen atoms in total. The molecule has 0 radical (unpaired) electrons. The number of hydrogen-bond acceptors (Lipinski definition) is 9. The summed E-state index contributed by atoms with van der Waals surface area (Å²) in [7, 11) is 8.37. The van der Waals surface area contributed by atoms with Crippen molar-refractivity contribution < 1.29 is 42.0 Å². The molecule has 2 aliphatic heterocycles. The Morgan fingerprint density at radius 1 is 0.594 bits per heavy atom. The third-order valence-electron chi connectivity index (χ3n) is 17.7. The van der Waals surface area contributed by atoms with Crippen LogP contribution in [0.1, 0.15) is 96.8 Å². The predicted octanol–water partition coefficient (Wildman–Crippen LogP) is 17.4. The summed E-state index contributed by atoms with van der Waals surface area (Å²) < 4.78 is 47.2. The number of amides is 2. The van der Waals surface area contributed by atoms with Gasteiger partial charge in [0.15, 0.2) is 19.8 Å². The number of carbonyl (C=O) groups excluding carboxylic acids is 2. The molecule has 7 aromatic carbocycles. The lowest BCUT2D eigenvalue weighted by Gasteiger charge is -2.44. The quantitative estimate of drug-likeness (QED) is 0.0374. The van der Waals surface area contributed by atoms with E-state index in [1.807, 2.05) is 58.3 Å². The maximum atomic E-state index is 12.9. The minimum absolute atomic E-state index is 0.0277. The van der Waals surface area contributed by atoms with Gasteiger partial charge < -0.3 is 20.4 Å². The van der Waals surface area contributed by atoms with Crippen molar-refractivity contribution in [2.75, 3.05) is 43.4 Å². The molecule has 2 saturated heterocycles. The first-order chi connectivity index (χ1) is 45.7. The monoisotopic (exact) mass is 1350 g/mol. The van der Waals surface area contributed by atoms with E-state index in [2.05, 4.69) is 233 Å². The van der Waals surface area contributed by atoms with Crippen molar-refractivity contribution in [2.24, 2.45) is 28.2 Å². The summed E-state index contributed by atoms with van der Waals surface area (Å²) in [6.07, 6.45) is 1.87. The third-order valence-corrected chi connectivity index (χ3v) is 19.1. The van der Waals surface area contributed by atoms with Gasteiger partial charge in [-0.25, -0.2) is 0 Å². The minimum atomic E-state index is -5.04. The number of alkyl halides is 3. The van der Waals surface area contributed by atoms with E-state index >= 15 is 0 Å². The van der Waals surface area contributed by atoms with Crippen LogP contribution in [0, 0.1) is 20.2 Å². The fourth-order valence-electron chi connectivity index (χ4n) is 12.1. The van der Waals surface area contributed by atoms with Gasteiger partial charge in [-0.2, -0.15) is 22.5 Å². The van der Waals surface area contributed by atoms with E-state index in [9.17, 15) is 43.0 Å². The van der Waals surface area contributed by atoms with Crippen LogP contribution < -0.4 is 20.0 Å². The van der Waals surface area contributed by atoms with Crippen molar-refractivity contribution in [1.29, 1.82) is 0 Å². The van der Waals surface area contributed by atoms with Crippen LogP contribution in [0.2, 0.25) is 0 Å². The Kier molecular flexibility index (Phi) is 26.2. The van der Waals surface area contributed by atoms with Crippen LogP contribution in [-0.2, 0) is 44.5 Å². The number of thiol groups is 1. The van der Waals surface area contributed by atoms with Gasteiger partial charge in [-0.1, -0.05) is 196 Å². The van der Waals surface area contributed by atoms with E-state index < -0.39 is 44.3 Å². The average Bonchev–Trinajstić information content (AvgIpc) is 1.09. The molecule has 2 fully saturated rings. The molecule has 9 aromatic rings. The first-order valence-corrected chi connectivity index (χ1v) is 33.5. The molecule has 4 heterocycles. The fourth-order valence-corrected chi connectivity index (χ4v) is 13.3. The van der Waals surface area contributed by atoms with Gasteiger partial charge in [0.05, 0.1) is 29.5 Å². The zero-order chi connectivity index (χ0) is 69.9. The molecule has 1 atom stereocenters. The van der Waals surface area contributed by atoms with Crippen molar-refractivity contribution >= 4 is 57.6 Å². The number of carbonyl (C=O) groups is 2. The molecule has 2 aromatic heterocycles. The first kappa shape index (κ1) is 74.2. The number of anilines is 2. The molecule has 0 saturated carbocycles. The summed E-state index contributed by atoms with van der Waals surface area (Å²) in [5, 5.41) is 22.3. The summed E-state index contributed by atoms with van der Waals surface area (Å²) >= 11 is 5.48. The lowest BCUT2D eigenvalue weighted by Crippen LogP contribution is -2.51. The number of nitro groups is 2. The second-order valence-corrected chi connectivity index (χ2v) is 26.5. The number of thioether (sulfide) groups is 1. The van der Waals surface area contributed by atoms with Gasteiger partial charge in [-0.05, 0) is 102 Å². The van der Waals surface area contributed by atoms with E-state index in [1.165, 1.54) is 85.7 Å². The molecule has 0 spiro atoms. The number of aromatic nitrogens is 4. The normalized spacial score (nSPS) is 13.8. The Bertz CT molecular complexity index is 3750. The van der Waals surface area contributed by atoms with E-state index in [1.54, 1.807) is 13.8 Å². The van der Waals surface area contributed by atoms with E-state index in [0.717, 1.165) is 45.3 Å². The minimum Gasteiger partial charge on any atom is -0.393 e. The highest BCUT2D eigenvalue weighted by molar-refractivity contribution is 8.14. The Morgan fingerprint density at radius 3 is 1.38 bits per heavy atom. The standard InChI is InChI=1S/2C17H17N2.2C15H21NOS.C11H13F3N4O4/c2*1-18-16(14-9-5-3-6-10-14)13-17(19(18)2)15-11-7-4-8-12-15;1-15(2,13-9-5-3-6-10-13)18-14(17)16-11-7-4-8-12-16;1-15(2,12-8-4-3-5-9-12)13-10-6-7-11-16(13)14(17)18;1-3-16(4-2)9-7(17(19)20)5-6(11(12,13)14)8(15)10(9)18(21)22/h2*3-13H,1-2H3;3,5-6,9-10H,4,7-8,11-12H2,1-2H3;3-5,8-9,13H,6-7,10-11H2,1-2H3,(H,17,18);5H,3-4,15H2,1-2H3/q2*+1;;;/t;;;13-;/m...0./s1. The van der Waals surface area contributed by atoms with Gasteiger partial charge in [0, 0.05) is 89.4 Å². The van der Waals surface area contributed by atoms with Gasteiger partial charge in [-0.15, -0.1) is 9.36 Å². The number of nitrogen functional groups attached to an aromatic ring is 1. The third kappa shape index (κ3) is 18.6. The van der Waals surface area contributed by atoms with Crippen LogP contribution in [0.25, 0.3) is 45.0 Å². The summed E-state index contributed by atoms with van der Waals surface area (Å²) in [5.74, 6) is 0. The van der Waals surface area contributed by atoms with Crippen molar-refractivity contribution in [3.63, 3.8) is 0 Å². The number of halogens is 3. The number of nitro benzene ring substituents is 2. The zero-order valence-electron chi connectivity index (χ0n) is 56.4. The van der Waals surface area contributed by atoms with Gasteiger partial charge in [-0.3, -0.25) is 29.8 Å². The predicted molar refractivity (Wildman–Crippen MR) is 384 cm³/mol. The Labute approximate surface area is 571 Å². The Morgan fingerprint density at radius 2 is 0.990 bits per heavy atom. The molecule has 96 heavy (non-hydrogen) atoms. The molecule has 0 bridgehead atoms. The van der Waals surface area contributed by atoms with Gasteiger partial charge in [0.1, 0.15) is 17.1 Å². The van der Waals surface area contributed by atoms with Crippen LogP contribution in [-0.4, -0.2) is 78.3 Å². The van der Waals surface area contributed by atoms with Crippen LogP contribution in [0.3, 0.4) is 0 Å². The van der Waals surface area contributed by atoms with Crippen LogP contribution in [0.4, 0.5) is 45.5 Å². The van der Waals surface area contributed by atoms with Crippen molar-refractivity contribution in [1.82, 2.24) is 19.2 Å². The number of benzene rings is 7. The van der Waals surface area contributed by atoms with Crippen molar-refractivity contribution in [3.05, 3.63) is 237 Å². The smallest absolute Gasteiger partial charge is 0.393 e. The number of hydrogen-bond donors (Lipinski definition) is 2. The molecule has 2 amide bonds. The topological polar surface area (TPSA) is 174 Å². The Hall–Kier alpha value is -9.21. The molecule has 0 unspecified atom stereocenters. The highest BCUT2D eigenvalue weighted by Crippen LogP contribution is 2.48. The van der Waals surface area contributed by atoms with E-state index in [-0.39, 0.29) is 45.8 Å². The van der Waals surface area contributed by atoms with E-state index in [4.69, 9.17) is 5.73 Å². The number of rotatable bonds is 13. The zero-order valence-corrected chi connectivity index (χ0v) is 58.2. The molecule has 11 rings (SSSR count). The second-order valence-electron chi connectivity index (χ2n) is 24.5. The number of piperidine rings is 2. The fraction of sp³-hybridized carbons (Fsp3) is 0.333. The highest BCUT2D eigenvalue weighted by Gasteiger charge is 2.43. The summed E-state index contributed by atoms with van der Waals surface area (Å²) in [4.78, 5) is 49.1. The molecule has 2 aliphatic rings. The molecular formula is C75H89F3N10O6S2+2. The van der Waals surface area contributed by atoms with Crippen LogP contribution in [0.5, 0.6) is 0 Å². The summed E-state index contributed by atoms with van der Waals surface area (Å²) in [5.41, 5.74) is 12.2. The number of nitrogens with zero attached hydrogens (tertiary/aromatic N) is 9. The van der Waals surface area contributed by atoms with E-state index in [0.29, 0.717) is 0 Å². The number of likely N-dealkylation sites (tertiary alicyclic amines) is 2. The lowest BCUT2D eigenvalue weighted by atomic mass is 9.74. The second kappa shape index (κ2) is 33.9. The SMILES string of the molecule is CC(C)(SC(=O)N1CCCCC1)c1ccccc1.CC(C)(c1ccccc1)[C@@H]1CCCCN1C(=O)S.CCN(CC)c1c([N+](=O)[O-])cc(C(F)(F)F)c(N)c1[N+](=O)[O-].Cn1c(-c2ccccc2)cc(-c2ccccc2)[n+]1C.Cn1c(-c2ccccc2)cc(-c2ccccc2)[n+]1C. The lowest BCUT2D eigenvalue weighted by molar-refractivity contribution is -0.740. The summed E-state index contributed by atoms with van der Waals surface area (Å²) in [6.45, 7) is 14.8. The molecular weight excluding hydrogens is 1260 g/mol.